The molecule has 2 amide bonds. The van der Waals surface area contributed by atoms with E-state index < -0.39 is 11.8 Å². The van der Waals surface area contributed by atoms with Gasteiger partial charge in [0.05, 0.1) is 5.69 Å². The van der Waals surface area contributed by atoms with Gasteiger partial charge < -0.3 is 0 Å². The summed E-state index contributed by atoms with van der Waals surface area (Å²) in [7, 11) is 0. The number of carbonyl (C=O) groups excluding carboxylic acids is 2. The van der Waals surface area contributed by atoms with Gasteiger partial charge in [0, 0.05) is 5.02 Å². The van der Waals surface area contributed by atoms with Crippen LogP contribution in [0.3, 0.4) is 0 Å². The quantitative estimate of drug-likeness (QED) is 0.262. The number of allylic oxidation sites excluding steroid dienone is 2. The van der Waals surface area contributed by atoms with Crippen LogP contribution in [0.2, 0.25) is 5.02 Å². The Morgan fingerprint density at radius 2 is 1.77 bits per heavy atom. The molecule has 1 aliphatic rings. The molecule has 1 aliphatic heterocycles. The van der Waals surface area contributed by atoms with Crippen LogP contribution >= 0.6 is 23.8 Å². The third kappa shape index (κ3) is 5.43. The highest BCUT2D eigenvalue weighted by Gasteiger charge is 2.34. The molecular weight excluding hydrogens is 416 g/mol. The molecule has 154 valence electrons. The molecule has 1 fully saturated rings. The van der Waals surface area contributed by atoms with Crippen LogP contribution in [-0.2, 0) is 9.59 Å². The topological polar surface area (TPSA) is 49.4 Å². The van der Waals surface area contributed by atoms with Gasteiger partial charge in [-0.3, -0.25) is 19.8 Å². The number of halogens is 1. The fourth-order valence-electron chi connectivity index (χ4n) is 3.20. The predicted octanol–water partition coefficient (Wildman–Crippen LogP) is 5.68. The summed E-state index contributed by atoms with van der Waals surface area (Å²) < 4.78 is 0. The van der Waals surface area contributed by atoms with Crippen molar-refractivity contribution < 1.29 is 9.59 Å². The number of rotatable bonds is 7. The highest BCUT2D eigenvalue weighted by Crippen LogP contribution is 2.24. The van der Waals surface area contributed by atoms with Gasteiger partial charge in [-0.05, 0) is 66.5 Å². The number of benzene rings is 2. The van der Waals surface area contributed by atoms with Gasteiger partial charge >= 0.3 is 0 Å². The summed E-state index contributed by atoms with van der Waals surface area (Å²) >= 11 is 11.2. The van der Waals surface area contributed by atoms with Crippen LogP contribution in [-0.4, -0.2) is 16.9 Å². The minimum absolute atomic E-state index is 0.0593. The van der Waals surface area contributed by atoms with Crippen molar-refractivity contribution in [1.29, 1.82) is 0 Å². The first-order valence-electron chi connectivity index (χ1n) is 9.92. The maximum absolute atomic E-state index is 13.2. The minimum Gasteiger partial charge on any atom is -0.298 e. The Hall–Kier alpha value is -2.76. The average molecular weight is 439 g/mol. The van der Waals surface area contributed by atoms with Gasteiger partial charge in [-0.1, -0.05) is 67.8 Å². The Balaban J connectivity index is 1.96. The Morgan fingerprint density at radius 3 is 2.43 bits per heavy atom. The number of unbranched alkanes of at least 4 members (excludes halogenated alkanes) is 2. The lowest BCUT2D eigenvalue weighted by Gasteiger charge is -2.29. The third-order valence-electron chi connectivity index (χ3n) is 4.74. The summed E-state index contributed by atoms with van der Waals surface area (Å²) in [5.74, 6) is -0.926. The first-order chi connectivity index (χ1) is 14.5. The van der Waals surface area contributed by atoms with Crippen molar-refractivity contribution in [1.82, 2.24) is 5.32 Å². The first kappa shape index (κ1) is 21.9. The number of amides is 2. The van der Waals surface area contributed by atoms with Crippen molar-refractivity contribution in [3.63, 3.8) is 0 Å². The zero-order valence-electron chi connectivity index (χ0n) is 16.7. The predicted molar refractivity (Wildman–Crippen MR) is 126 cm³/mol. The molecule has 0 aromatic heterocycles. The van der Waals surface area contributed by atoms with Gasteiger partial charge in [0.25, 0.3) is 11.8 Å². The number of thiocarbonyl (C=S) groups is 1. The summed E-state index contributed by atoms with van der Waals surface area (Å²) in [5.41, 5.74) is 2.57. The zero-order chi connectivity index (χ0) is 21.5. The SMILES string of the molecule is CCCCCC(=Cc1ccccc1)C=C1C(=O)NC(=S)N(c2ccc(Cl)cc2)C1=O. The molecule has 2 aromatic rings. The van der Waals surface area contributed by atoms with Crippen LogP contribution in [0.25, 0.3) is 6.08 Å². The molecule has 1 heterocycles. The van der Waals surface area contributed by atoms with Gasteiger partial charge in [-0.25, -0.2) is 0 Å². The summed E-state index contributed by atoms with van der Waals surface area (Å²) in [6.07, 6.45) is 7.63. The summed E-state index contributed by atoms with van der Waals surface area (Å²) in [6.45, 7) is 2.14. The van der Waals surface area contributed by atoms with E-state index in [1.54, 1.807) is 30.3 Å². The Morgan fingerprint density at radius 1 is 1.07 bits per heavy atom. The van der Waals surface area contributed by atoms with Crippen LogP contribution < -0.4 is 10.2 Å². The van der Waals surface area contributed by atoms with Crippen LogP contribution in [0, 0.1) is 0 Å². The van der Waals surface area contributed by atoms with E-state index in [0.29, 0.717) is 10.7 Å². The molecule has 1 N–H and O–H groups in total. The molecule has 1 saturated heterocycles. The number of nitrogens with one attached hydrogen (secondary N) is 1. The second kappa shape index (κ2) is 10.3. The van der Waals surface area contributed by atoms with Gasteiger partial charge in [0.2, 0.25) is 0 Å². The van der Waals surface area contributed by atoms with E-state index >= 15 is 0 Å². The lowest BCUT2D eigenvalue weighted by molar-refractivity contribution is -0.122. The Kier molecular flexibility index (Phi) is 7.55. The van der Waals surface area contributed by atoms with Gasteiger partial charge in [0.1, 0.15) is 5.57 Å². The van der Waals surface area contributed by atoms with Crippen molar-refractivity contribution in [2.75, 3.05) is 4.90 Å². The second-order valence-corrected chi connectivity index (χ2v) is 7.84. The molecule has 0 unspecified atom stereocenters. The molecule has 0 saturated carbocycles. The molecule has 0 aliphatic carbocycles. The van der Waals surface area contributed by atoms with Gasteiger partial charge in [0.15, 0.2) is 5.11 Å². The van der Waals surface area contributed by atoms with E-state index in [1.807, 2.05) is 36.4 Å². The summed E-state index contributed by atoms with van der Waals surface area (Å²) in [4.78, 5) is 27.1. The highest BCUT2D eigenvalue weighted by molar-refractivity contribution is 7.80. The molecule has 3 rings (SSSR count). The number of carbonyl (C=O) groups is 2. The fourth-order valence-corrected chi connectivity index (χ4v) is 3.60. The maximum atomic E-state index is 13.2. The molecule has 0 atom stereocenters. The molecule has 6 heteroatoms. The van der Waals surface area contributed by atoms with Crippen molar-refractivity contribution in [2.45, 2.75) is 32.6 Å². The number of hydrogen-bond donors (Lipinski definition) is 1. The molecule has 0 radical (unpaired) electrons. The van der Waals surface area contributed by atoms with Crippen LogP contribution in [0.5, 0.6) is 0 Å². The first-order valence-corrected chi connectivity index (χ1v) is 10.7. The molecule has 4 nitrogen and oxygen atoms in total. The maximum Gasteiger partial charge on any atom is 0.270 e. The summed E-state index contributed by atoms with van der Waals surface area (Å²) in [5, 5.41) is 3.24. The second-order valence-electron chi connectivity index (χ2n) is 7.02. The lowest BCUT2D eigenvalue weighted by Crippen LogP contribution is -2.54. The molecular formula is C24H23ClN2O2S. The third-order valence-corrected chi connectivity index (χ3v) is 5.27. The molecule has 0 spiro atoms. The Bertz CT molecular complexity index is 998. The largest absolute Gasteiger partial charge is 0.298 e. The van der Waals surface area contributed by atoms with E-state index in [0.717, 1.165) is 36.8 Å². The Labute approximate surface area is 187 Å². The molecule has 30 heavy (non-hydrogen) atoms. The van der Waals surface area contributed by atoms with Crippen molar-refractivity contribution in [2.24, 2.45) is 0 Å². The number of anilines is 1. The van der Waals surface area contributed by atoms with E-state index in [1.165, 1.54) is 4.90 Å². The van der Waals surface area contributed by atoms with E-state index in [-0.39, 0.29) is 10.7 Å². The average Bonchev–Trinajstić information content (AvgIpc) is 2.73. The zero-order valence-corrected chi connectivity index (χ0v) is 18.3. The standard InChI is InChI=1S/C24H23ClN2O2S/c1-2-3-5-10-18(15-17-8-6-4-7-9-17)16-21-22(28)26-24(30)27(23(21)29)20-13-11-19(25)12-14-20/h4,6-9,11-16H,2-3,5,10H2,1H3,(H,26,28,30). The van der Waals surface area contributed by atoms with Crippen molar-refractivity contribution >= 4 is 52.5 Å². The lowest BCUT2D eigenvalue weighted by atomic mass is 10.00. The normalized spacial score (nSPS) is 16.2. The minimum atomic E-state index is -0.482. The van der Waals surface area contributed by atoms with E-state index in [4.69, 9.17) is 23.8 Å². The summed E-state index contributed by atoms with van der Waals surface area (Å²) in [6, 6.07) is 16.6. The highest BCUT2D eigenvalue weighted by atomic mass is 35.5. The van der Waals surface area contributed by atoms with Crippen LogP contribution in [0.1, 0.15) is 38.2 Å². The van der Waals surface area contributed by atoms with Gasteiger partial charge in [-0.2, -0.15) is 0 Å². The monoisotopic (exact) mass is 438 g/mol. The van der Waals surface area contributed by atoms with Crippen molar-refractivity contribution in [3.05, 3.63) is 82.4 Å². The van der Waals surface area contributed by atoms with Crippen LogP contribution in [0.4, 0.5) is 5.69 Å². The number of hydrogen-bond acceptors (Lipinski definition) is 3. The van der Waals surface area contributed by atoms with E-state index in [9.17, 15) is 9.59 Å². The van der Waals surface area contributed by atoms with Crippen molar-refractivity contribution in [3.8, 4) is 0 Å². The molecule has 2 aromatic carbocycles. The van der Waals surface area contributed by atoms with E-state index in [2.05, 4.69) is 12.2 Å². The van der Waals surface area contributed by atoms with Gasteiger partial charge in [-0.15, -0.1) is 0 Å². The number of nitrogens with zero attached hydrogens (tertiary/aromatic N) is 1. The fraction of sp³-hybridized carbons (Fsp3) is 0.208. The molecule has 0 bridgehead atoms. The smallest absolute Gasteiger partial charge is 0.270 e. The van der Waals surface area contributed by atoms with Crippen LogP contribution in [0.15, 0.2) is 71.8 Å².